The number of fused-ring (bicyclic) bond motifs is 1. The van der Waals surface area contributed by atoms with Crippen LogP contribution in [0.1, 0.15) is 27.2 Å². The number of rotatable bonds is 3. The van der Waals surface area contributed by atoms with Gasteiger partial charge in [-0.05, 0) is 39.0 Å². The van der Waals surface area contributed by atoms with Gasteiger partial charge in [0.05, 0.1) is 18.3 Å². The summed E-state index contributed by atoms with van der Waals surface area (Å²) in [5.74, 6) is 1.30. The van der Waals surface area contributed by atoms with E-state index in [9.17, 15) is 4.79 Å². The van der Waals surface area contributed by atoms with Crippen molar-refractivity contribution in [2.75, 3.05) is 18.0 Å². The molecule has 142 valence electrons. The van der Waals surface area contributed by atoms with Gasteiger partial charge in [-0.15, -0.1) is 0 Å². The molecule has 0 aliphatic carbocycles. The van der Waals surface area contributed by atoms with Crippen LogP contribution in [0.3, 0.4) is 0 Å². The Morgan fingerprint density at radius 2 is 2.15 bits per heavy atom. The molecule has 1 aliphatic heterocycles. The van der Waals surface area contributed by atoms with Gasteiger partial charge in [0.15, 0.2) is 5.65 Å². The standard InChI is InChI=1S/C19H22ClN5O2/c1-19(2,3)25-16-15(10-21-25)17(26)23-18(22-16)24-8-7-14(11-24)27-13-6-4-5-12(20)9-13/h4-6,9-10,14H,7-8,11H2,1-3H3,(H,22,23,26). The van der Waals surface area contributed by atoms with E-state index in [1.807, 2.05) is 43.9 Å². The molecule has 4 rings (SSSR count). The van der Waals surface area contributed by atoms with Crippen molar-refractivity contribution in [3.05, 3.63) is 45.8 Å². The van der Waals surface area contributed by atoms with E-state index in [2.05, 4.69) is 10.1 Å². The summed E-state index contributed by atoms with van der Waals surface area (Å²) in [7, 11) is 0. The minimum Gasteiger partial charge on any atom is -0.488 e. The number of nitrogens with one attached hydrogen (secondary N) is 1. The van der Waals surface area contributed by atoms with Crippen molar-refractivity contribution < 1.29 is 4.74 Å². The lowest BCUT2D eigenvalue weighted by Gasteiger charge is -2.21. The third-order valence-corrected chi connectivity index (χ3v) is 4.84. The van der Waals surface area contributed by atoms with E-state index < -0.39 is 0 Å². The van der Waals surface area contributed by atoms with Gasteiger partial charge in [0.2, 0.25) is 5.95 Å². The number of ether oxygens (including phenoxy) is 1. The molecular formula is C19H22ClN5O2. The van der Waals surface area contributed by atoms with Crippen LogP contribution in [0.5, 0.6) is 5.75 Å². The molecule has 7 nitrogen and oxygen atoms in total. The normalized spacial score (nSPS) is 17.6. The van der Waals surface area contributed by atoms with Crippen molar-refractivity contribution in [3.8, 4) is 5.75 Å². The number of halogens is 1. The first-order valence-electron chi connectivity index (χ1n) is 8.97. The van der Waals surface area contributed by atoms with Gasteiger partial charge in [-0.25, -0.2) is 4.68 Å². The minimum absolute atomic E-state index is 0.0111. The van der Waals surface area contributed by atoms with E-state index >= 15 is 0 Å². The molecule has 1 fully saturated rings. The fourth-order valence-corrected chi connectivity index (χ4v) is 3.48. The highest BCUT2D eigenvalue weighted by Gasteiger charge is 2.27. The molecule has 2 aromatic heterocycles. The zero-order valence-corrected chi connectivity index (χ0v) is 16.3. The summed E-state index contributed by atoms with van der Waals surface area (Å²) in [5, 5.41) is 5.50. The van der Waals surface area contributed by atoms with Crippen LogP contribution in [0.15, 0.2) is 35.3 Å². The molecule has 1 unspecified atom stereocenters. The van der Waals surface area contributed by atoms with Gasteiger partial charge in [-0.1, -0.05) is 17.7 Å². The second kappa shape index (κ2) is 6.56. The predicted octanol–water partition coefficient (Wildman–Crippen LogP) is 3.19. The Labute approximate surface area is 161 Å². The molecule has 0 radical (unpaired) electrons. The van der Waals surface area contributed by atoms with Gasteiger partial charge in [0.1, 0.15) is 17.2 Å². The lowest BCUT2D eigenvalue weighted by molar-refractivity contribution is 0.225. The number of H-pyrrole nitrogens is 1. The average molecular weight is 388 g/mol. The van der Waals surface area contributed by atoms with E-state index in [1.54, 1.807) is 16.9 Å². The van der Waals surface area contributed by atoms with E-state index in [1.165, 1.54) is 0 Å². The quantitative estimate of drug-likeness (QED) is 0.746. The number of aromatic amines is 1. The highest BCUT2D eigenvalue weighted by molar-refractivity contribution is 6.30. The maximum absolute atomic E-state index is 12.5. The summed E-state index contributed by atoms with van der Waals surface area (Å²) in [6.07, 6.45) is 2.43. The van der Waals surface area contributed by atoms with Crippen molar-refractivity contribution in [3.63, 3.8) is 0 Å². The third-order valence-electron chi connectivity index (χ3n) is 4.60. The molecule has 27 heavy (non-hydrogen) atoms. The second-order valence-electron chi connectivity index (χ2n) is 7.79. The summed E-state index contributed by atoms with van der Waals surface area (Å²) in [6.45, 7) is 7.50. The molecule has 8 heteroatoms. The third kappa shape index (κ3) is 3.51. The summed E-state index contributed by atoms with van der Waals surface area (Å²) in [6, 6.07) is 7.38. The predicted molar refractivity (Wildman–Crippen MR) is 106 cm³/mol. The van der Waals surface area contributed by atoms with Crippen molar-refractivity contribution in [1.82, 2.24) is 19.7 Å². The Hall–Kier alpha value is -2.54. The number of hydrogen-bond acceptors (Lipinski definition) is 5. The zero-order chi connectivity index (χ0) is 19.2. The lowest BCUT2D eigenvalue weighted by atomic mass is 10.1. The molecule has 0 amide bonds. The maximum Gasteiger partial charge on any atom is 0.263 e. The van der Waals surface area contributed by atoms with Crippen LogP contribution in [0.25, 0.3) is 11.0 Å². The van der Waals surface area contributed by atoms with Gasteiger partial charge < -0.3 is 9.64 Å². The number of anilines is 1. The van der Waals surface area contributed by atoms with Gasteiger partial charge >= 0.3 is 0 Å². The van der Waals surface area contributed by atoms with Crippen LogP contribution in [0, 0.1) is 0 Å². The Morgan fingerprint density at radius 3 is 2.89 bits per heavy atom. The molecule has 0 spiro atoms. The molecule has 0 bridgehead atoms. The molecule has 1 saturated heterocycles. The van der Waals surface area contributed by atoms with E-state index in [0.29, 0.717) is 28.5 Å². The van der Waals surface area contributed by atoms with Crippen molar-refractivity contribution in [1.29, 1.82) is 0 Å². The van der Waals surface area contributed by atoms with Gasteiger partial charge in [-0.3, -0.25) is 9.78 Å². The zero-order valence-electron chi connectivity index (χ0n) is 15.6. The van der Waals surface area contributed by atoms with Crippen LogP contribution >= 0.6 is 11.6 Å². The molecular weight excluding hydrogens is 366 g/mol. The summed E-state index contributed by atoms with van der Waals surface area (Å²) in [5.41, 5.74) is 0.161. The number of nitrogens with zero attached hydrogens (tertiary/aromatic N) is 4. The summed E-state index contributed by atoms with van der Waals surface area (Å²) in [4.78, 5) is 22.1. The Balaban J connectivity index is 1.59. The molecule has 3 heterocycles. The lowest BCUT2D eigenvalue weighted by Crippen LogP contribution is -2.29. The average Bonchev–Trinajstić information content (AvgIpc) is 3.21. The first-order valence-corrected chi connectivity index (χ1v) is 9.35. The molecule has 3 aromatic rings. The Kier molecular flexibility index (Phi) is 4.34. The van der Waals surface area contributed by atoms with E-state index in [4.69, 9.17) is 21.3 Å². The molecule has 1 N–H and O–H groups in total. The monoisotopic (exact) mass is 387 g/mol. The molecule has 1 atom stereocenters. The highest BCUT2D eigenvalue weighted by Crippen LogP contribution is 2.24. The van der Waals surface area contributed by atoms with Crippen molar-refractivity contribution >= 4 is 28.6 Å². The topological polar surface area (TPSA) is 76.0 Å². The first-order chi connectivity index (χ1) is 12.8. The largest absolute Gasteiger partial charge is 0.488 e. The Morgan fingerprint density at radius 1 is 1.33 bits per heavy atom. The van der Waals surface area contributed by atoms with E-state index in [-0.39, 0.29) is 17.2 Å². The SMILES string of the molecule is CC(C)(C)n1ncc2c(=O)[nH]c(N3CCC(Oc4cccc(Cl)c4)C3)nc21. The molecule has 1 aromatic carbocycles. The van der Waals surface area contributed by atoms with Gasteiger partial charge in [0.25, 0.3) is 5.56 Å². The molecule has 1 aliphatic rings. The fraction of sp³-hybridized carbons (Fsp3) is 0.421. The smallest absolute Gasteiger partial charge is 0.263 e. The van der Waals surface area contributed by atoms with E-state index in [0.717, 1.165) is 18.7 Å². The highest BCUT2D eigenvalue weighted by atomic mass is 35.5. The Bertz CT molecular complexity index is 1040. The van der Waals surface area contributed by atoms with Crippen LogP contribution in [0.2, 0.25) is 5.02 Å². The van der Waals surface area contributed by atoms with Gasteiger partial charge in [-0.2, -0.15) is 10.1 Å². The van der Waals surface area contributed by atoms with Gasteiger partial charge in [0, 0.05) is 18.0 Å². The minimum atomic E-state index is -0.261. The number of aromatic nitrogens is 4. The van der Waals surface area contributed by atoms with Crippen LogP contribution in [0.4, 0.5) is 5.95 Å². The summed E-state index contributed by atoms with van der Waals surface area (Å²) < 4.78 is 7.81. The van der Waals surface area contributed by atoms with Crippen molar-refractivity contribution in [2.45, 2.75) is 38.8 Å². The maximum atomic E-state index is 12.5. The molecule has 0 saturated carbocycles. The summed E-state index contributed by atoms with van der Waals surface area (Å²) >= 11 is 6.02. The van der Waals surface area contributed by atoms with Crippen LogP contribution in [-0.2, 0) is 5.54 Å². The van der Waals surface area contributed by atoms with Crippen LogP contribution in [-0.4, -0.2) is 38.9 Å². The van der Waals surface area contributed by atoms with Crippen LogP contribution < -0.4 is 15.2 Å². The second-order valence-corrected chi connectivity index (χ2v) is 8.22. The number of hydrogen-bond donors (Lipinski definition) is 1. The fourth-order valence-electron chi connectivity index (χ4n) is 3.30. The number of benzene rings is 1. The van der Waals surface area contributed by atoms with Crippen molar-refractivity contribution in [2.24, 2.45) is 0 Å². The first kappa shape index (κ1) is 17.9.